The molecule has 0 aromatic heterocycles. The number of ether oxygens (including phenoxy) is 1. The Balaban J connectivity index is 2.43. The van der Waals surface area contributed by atoms with Crippen LogP contribution in [0.3, 0.4) is 0 Å². The Labute approximate surface area is 89.3 Å². The molecule has 1 N–H and O–H groups in total. The molecule has 0 aliphatic carbocycles. The summed E-state index contributed by atoms with van der Waals surface area (Å²) in [5, 5.41) is 3.22. The highest BCUT2D eigenvalue weighted by molar-refractivity contribution is 5.65. The summed E-state index contributed by atoms with van der Waals surface area (Å²) in [4.78, 5) is 0. The fourth-order valence-corrected chi connectivity index (χ4v) is 1.42. The van der Waals surface area contributed by atoms with Crippen molar-refractivity contribution in [2.24, 2.45) is 0 Å². The molecule has 0 saturated heterocycles. The van der Waals surface area contributed by atoms with Crippen molar-refractivity contribution in [3.63, 3.8) is 0 Å². The van der Waals surface area contributed by atoms with E-state index in [1.165, 1.54) is 0 Å². The van der Waals surface area contributed by atoms with E-state index < -0.39 is 0 Å². The number of para-hydroxylation sites is 2. The van der Waals surface area contributed by atoms with E-state index in [4.69, 9.17) is 11.2 Å². The average molecular weight is 197 g/mol. The van der Waals surface area contributed by atoms with Crippen LogP contribution >= 0.6 is 0 Å². The summed E-state index contributed by atoms with van der Waals surface area (Å²) in [7, 11) is 0. The number of nitrogens with one attached hydrogen (secondary N) is 1. The normalized spacial score (nSPS) is 14.1. The van der Waals surface area contributed by atoms with Gasteiger partial charge in [0.05, 0.1) is 11.4 Å². The molecule has 0 atom stereocenters. The van der Waals surface area contributed by atoms with Crippen LogP contribution in [-0.2, 0) is 0 Å². The van der Waals surface area contributed by atoms with Gasteiger partial charge in [-0.15, -0.1) is 6.42 Å². The van der Waals surface area contributed by atoms with Crippen molar-refractivity contribution in [2.45, 2.75) is 6.92 Å². The van der Waals surface area contributed by atoms with Crippen molar-refractivity contribution in [3.8, 4) is 18.1 Å². The van der Waals surface area contributed by atoms with Gasteiger partial charge in [0, 0.05) is 0 Å². The quantitative estimate of drug-likeness (QED) is 0.699. The van der Waals surface area contributed by atoms with Crippen molar-refractivity contribution >= 4 is 5.69 Å². The number of terminal acetylenes is 1. The smallest absolute Gasteiger partial charge is 0.200 e. The molecule has 0 radical (unpaired) electrons. The lowest BCUT2D eigenvalue weighted by Gasteiger charge is -2.20. The lowest BCUT2D eigenvalue weighted by Crippen LogP contribution is -2.11. The lowest BCUT2D eigenvalue weighted by atomic mass is 10.2. The van der Waals surface area contributed by atoms with Crippen molar-refractivity contribution in [3.05, 3.63) is 47.9 Å². The van der Waals surface area contributed by atoms with Crippen molar-refractivity contribution < 1.29 is 4.74 Å². The van der Waals surface area contributed by atoms with Crippen LogP contribution in [0, 0.1) is 12.3 Å². The fourth-order valence-electron chi connectivity index (χ4n) is 1.42. The third kappa shape index (κ3) is 1.72. The molecule has 2 nitrogen and oxygen atoms in total. The number of hydrogen-bond acceptors (Lipinski definition) is 2. The zero-order valence-electron chi connectivity index (χ0n) is 8.45. The highest BCUT2D eigenvalue weighted by Gasteiger charge is 2.15. The Kier molecular flexibility index (Phi) is 2.47. The first-order chi connectivity index (χ1) is 7.35. The third-order valence-electron chi connectivity index (χ3n) is 2.08. The van der Waals surface area contributed by atoms with Gasteiger partial charge in [-0.05, 0) is 31.1 Å². The van der Waals surface area contributed by atoms with E-state index in [1.54, 1.807) is 0 Å². The molecule has 1 aliphatic rings. The Hall–Kier alpha value is -2.14. The standard InChI is InChI=1S/C13H11NO/c1-3-7-10-12(4-2)15-13-9-6-5-8-11(13)14-10/h2-3,5-9,14H,1H3/b7-3-. The Morgan fingerprint density at radius 3 is 2.93 bits per heavy atom. The van der Waals surface area contributed by atoms with Gasteiger partial charge in [0.15, 0.2) is 5.75 Å². The molecule has 1 aromatic rings. The molecule has 2 rings (SSSR count). The maximum absolute atomic E-state index is 5.58. The molecule has 0 amide bonds. The van der Waals surface area contributed by atoms with Crippen molar-refractivity contribution in [2.75, 3.05) is 5.32 Å². The number of rotatable bonds is 1. The van der Waals surface area contributed by atoms with Crippen LogP contribution in [0.25, 0.3) is 0 Å². The maximum Gasteiger partial charge on any atom is 0.200 e. The van der Waals surface area contributed by atoms with Crippen molar-refractivity contribution in [1.29, 1.82) is 0 Å². The molecule has 1 aliphatic heterocycles. The molecule has 0 fully saturated rings. The van der Waals surface area contributed by atoms with Gasteiger partial charge in [-0.3, -0.25) is 0 Å². The first-order valence-electron chi connectivity index (χ1n) is 4.72. The van der Waals surface area contributed by atoms with E-state index in [0.29, 0.717) is 5.76 Å². The summed E-state index contributed by atoms with van der Waals surface area (Å²) in [6.45, 7) is 1.93. The second-order valence-corrected chi connectivity index (χ2v) is 3.11. The SMILES string of the molecule is C#CC1=C(/C=C\C)Nc2ccccc2O1. The second-order valence-electron chi connectivity index (χ2n) is 3.11. The maximum atomic E-state index is 5.58. The minimum absolute atomic E-state index is 0.520. The van der Waals surface area contributed by atoms with Gasteiger partial charge in [0.25, 0.3) is 0 Å². The van der Waals surface area contributed by atoms with Gasteiger partial charge >= 0.3 is 0 Å². The van der Waals surface area contributed by atoms with Crippen LogP contribution in [0.5, 0.6) is 5.75 Å². The monoisotopic (exact) mass is 197 g/mol. The minimum Gasteiger partial charge on any atom is -0.444 e. The van der Waals surface area contributed by atoms with Gasteiger partial charge in [-0.1, -0.05) is 18.2 Å². The summed E-state index contributed by atoms with van der Waals surface area (Å²) in [6.07, 6.45) is 9.18. The lowest BCUT2D eigenvalue weighted by molar-refractivity contribution is 0.441. The van der Waals surface area contributed by atoms with Crippen molar-refractivity contribution in [1.82, 2.24) is 0 Å². The average Bonchev–Trinajstić information content (AvgIpc) is 2.28. The summed E-state index contributed by atoms with van der Waals surface area (Å²) in [5.74, 6) is 3.81. The molecule has 0 spiro atoms. The largest absolute Gasteiger partial charge is 0.444 e. The van der Waals surface area contributed by atoms with E-state index in [0.717, 1.165) is 17.1 Å². The predicted octanol–water partition coefficient (Wildman–Crippen LogP) is 2.91. The molecule has 0 unspecified atom stereocenters. The van der Waals surface area contributed by atoms with Crippen LogP contribution in [0.4, 0.5) is 5.69 Å². The number of hydrogen-bond donors (Lipinski definition) is 1. The number of allylic oxidation sites excluding steroid dienone is 3. The fraction of sp³-hybridized carbons (Fsp3) is 0.0769. The predicted molar refractivity (Wildman–Crippen MR) is 61.4 cm³/mol. The van der Waals surface area contributed by atoms with E-state index in [9.17, 15) is 0 Å². The summed E-state index contributed by atoms with van der Waals surface area (Å²) >= 11 is 0. The van der Waals surface area contributed by atoms with Gasteiger partial charge < -0.3 is 10.1 Å². The highest BCUT2D eigenvalue weighted by Crippen LogP contribution is 2.32. The van der Waals surface area contributed by atoms with Crippen LogP contribution in [-0.4, -0.2) is 0 Å². The minimum atomic E-state index is 0.520. The van der Waals surface area contributed by atoms with Crippen LogP contribution in [0.1, 0.15) is 6.92 Å². The molecule has 15 heavy (non-hydrogen) atoms. The molecule has 0 bridgehead atoms. The Bertz CT molecular complexity index is 478. The van der Waals surface area contributed by atoms with Gasteiger partial charge in [-0.25, -0.2) is 0 Å². The van der Waals surface area contributed by atoms with E-state index in [1.807, 2.05) is 43.3 Å². The van der Waals surface area contributed by atoms with E-state index in [2.05, 4.69) is 11.2 Å². The van der Waals surface area contributed by atoms with Gasteiger partial charge in [0.1, 0.15) is 0 Å². The summed E-state index contributed by atoms with van der Waals surface area (Å²) in [6, 6.07) is 7.69. The Morgan fingerprint density at radius 2 is 2.20 bits per heavy atom. The molecule has 74 valence electrons. The Morgan fingerprint density at radius 1 is 1.40 bits per heavy atom. The molecule has 0 saturated carbocycles. The second kappa shape index (κ2) is 3.93. The van der Waals surface area contributed by atoms with E-state index in [-0.39, 0.29) is 0 Å². The zero-order chi connectivity index (χ0) is 10.7. The third-order valence-corrected chi connectivity index (χ3v) is 2.08. The first-order valence-corrected chi connectivity index (χ1v) is 4.72. The number of fused-ring (bicyclic) bond motifs is 1. The molecule has 1 heterocycles. The highest BCUT2D eigenvalue weighted by atomic mass is 16.5. The molecular formula is C13H11NO. The summed E-state index contributed by atoms with van der Waals surface area (Å²) < 4.78 is 5.58. The van der Waals surface area contributed by atoms with Gasteiger partial charge in [0.2, 0.25) is 5.76 Å². The van der Waals surface area contributed by atoms with Crippen LogP contribution in [0.2, 0.25) is 0 Å². The van der Waals surface area contributed by atoms with Crippen LogP contribution in [0.15, 0.2) is 47.9 Å². The summed E-state index contributed by atoms with van der Waals surface area (Å²) in [5.41, 5.74) is 1.75. The number of benzene rings is 1. The number of anilines is 1. The topological polar surface area (TPSA) is 21.3 Å². The first kappa shape index (κ1) is 9.42. The molecular weight excluding hydrogens is 186 g/mol. The van der Waals surface area contributed by atoms with E-state index >= 15 is 0 Å². The van der Waals surface area contributed by atoms with Gasteiger partial charge in [-0.2, -0.15) is 0 Å². The molecule has 2 heteroatoms. The van der Waals surface area contributed by atoms with Crippen LogP contribution < -0.4 is 10.1 Å². The zero-order valence-corrected chi connectivity index (χ0v) is 8.45. The molecule has 1 aromatic carbocycles.